The van der Waals surface area contributed by atoms with E-state index in [1.807, 2.05) is 0 Å². The van der Waals surface area contributed by atoms with Gasteiger partial charge in [-0.2, -0.15) is 4.99 Å². The number of benzene rings is 1. The summed E-state index contributed by atoms with van der Waals surface area (Å²) >= 11 is 1.91. The van der Waals surface area contributed by atoms with Crippen LogP contribution in [0.1, 0.15) is 16.6 Å². The number of esters is 1. The van der Waals surface area contributed by atoms with Crippen molar-refractivity contribution in [2.75, 3.05) is 20.8 Å². The quantitative estimate of drug-likeness (QED) is 0.307. The van der Waals surface area contributed by atoms with E-state index >= 15 is 0 Å². The first kappa shape index (κ1) is 21.5. The molecule has 0 N–H and O–H groups in total. The van der Waals surface area contributed by atoms with E-state index in [4.69, 9.17) is 14.2 Å². The number of ether oxygens (including phenoxy) is 3. The van der Waals surface area contributed by atoms with Crippen molar-refractivity contribution in [3.05, 3.63) is 44.1 Å². The number of hydrogen-bond acceptors (Lipinski definition) is 9. The Morgan fingerprint density at radius 1 is 1.17 bits per heavy atom. The van der Waals surface area contributed by atoms with E-state index < -0.39 is 16.8 Å². The Bertz CT molecular complexity index is 1190. The van der Waals surface area contributed by atoms with Crippen molar-refractivity contribution >= 4 is 49.8 Å². The maximum absolute atomic E-state index is 12.6. The van der Waals surface area contributed by atoms with Crippen LogP contribution < -0.4 is 14.3 Å². The standard InChI is InChI=1S/C18H17N3O7S2/c1-4-28-16(22)9-20-10-7-11(26-2)12(27-3)8-14(10)30-18(20)19-17(23)13-5-6-15(29-13)21(24)25/h5-8H,4,9H2,1-3H3. The summed E-state index contributed by atoms with van der Waals surface area (Å²) in [5.74, 6) is -0.197. The number of nitro groups is 1. The van der Waals surface area contributed by atoms with Crippen LogP contribution in [0.5, 0.6) is 11.5 Å². The van der Waals surface area contributed by atoms with Crippen molar-refractivity contribution in [2.45, 2.75) is 13.5 Å². The third-order valence-electron chi connectivity index (χ3n) is 3.96. The molecule has 0 saturated heterocycles. The normalized spacial score (nSPS) is 11.5. The molecule has 30 heavy (non-hydrogen) atoms. The third kappa shape index (κ3) is 4.33. The van der Waals surface area contributed by atoms with E-state index in [2.05, 4.69) is 4.99 Å². The molecule has 2 heterocycles. The fraction of sp³-hybridized carbons (Fsp3) is 0.278. The van der Waals surface area contributed by atoms with Gasteiger partial charge in [0.2, 0.25) is 0 Å². The second-order valence-electron chi connectivity index (χ2n) is 5.76. The van der Waals surface area contributed by atoms with E-state index in [9.17, 15) is 19.7 Å². The predicted octanol–water partition coefficient (Wildman–Crippen LogP) is 2.99. The maximum atomic E-state index is 12.6. The van der Waals surface area contributed by atoms with Crippen molar-refractivity contribution in [3.63, 3.8) is 0 Å². The highest BCUT2D eigenvalue weighted by molar-refractivity contribution is 7.17. The number of methoxy groups -OCH3 is 2. The summed E-state index contributed by atoms with van der Waals surface area (Å²) in [6, 6.07) is 6.01. The van der Waals surface area contributed by atoms with E-state index in [1.54, 1.807) is 23.6 Å². The summed E-state index contributed by atoms with van der Waals surface area (Å²) < 4.78 is 17.9. The predicted molar refractivity (Wildman–Crippen MR) is 110 cm³/mol. The molecule has 0 bridgehead atoms. The van der Waals surface area contributed by atoms with E-state index in [0.717, 1.165) is 11.3 Å². The highest BCUT2D eigenvalue weighted by atomic mass is 32.1. The number of rotatable bonds is 7. The van der Waals surface area contributed by atoms with Gasteiger partial charge in [0.1, 0.15) is 11.4 Å². The summed E-state index contributed by atoms with van der Waals surface area (Å²) in [6.45, 7) is 1.74. The fourth-order valence-electron chi connectivity index (χ4n) is 2.65. The lowest BCUT2D eigenvalue weighted by Crippen LogP contribution is -2.23. The molecular weight excluding hydrogens is 434 g/mol. The largest absolute Gasteiger partial charge is 0.493 e. The van der Waals surface area contributed by atoms with Gasteiger partial charge < -0.3 is 18.8 Å². The first-order chi connectivity index (χ1) is 14.4. The van der Waals surface area contributed by atoms with Crippen molar-refractivity contribution in [1.29, 1.82) is 0 Å². The zero-order valence-corrected chi connectivity index (χ0v) is 17.9. The lowest BCUT2D eigenvalue weighted by atomic mass is 10.3. The molecule has 158 valence electrons. The van der Waals surface area contributed by atoms with Gasteiger partial charge in [0.05, 0.1) is 36.0 Å². The summed E-state index contributed by atoms with van der Waals surface area (Å²) in [6.07, 6.45) is 0. The van der Waals surface area contributed by atoms with E-state index in [1.165, 1.54) is 37.7 Å². The second kappa shape index (κ2) is 9.05. The summed E-state index contributed by atoms with van der Waals surface area (Å²) in [7, 11) is 2.99. The van der Waals surface area contributed by atoms with Gasteiger partial charge in [-0.1, -0.05) is 22.7 Å². The molecule has 0 unspecified atom stereocenters. The van der Waals surface area contributed by atoms with Crippen LogP contribution in [0.15, 0.2) is 29.3 Å². The Hall–Kier alpha value is -3.25. The van der Waals surface area contributed by atoms with Crippen LogP contribution in [-0.2, 0) is 16.1 Å². The highest BCUT2D eigenvalue weighted by Crippen LogP contribution is 2.33. The van der Waals surface area contributed by atoms with Crippen molar-refractivity contribution < 1.29 is 28.7 Å². The minimum atomic E-state index is -0.642. The molecule has 0 saturated carbocycles. The Balaban J connectivity index is 2.15. The molecule has 0 spiro atoms. The van der Waals surface area contributed by atoms with E-state index in [-0.39, 0.29) is 27.8 Å². The molecule has 3 aromatic rings. The van der Waals surface area contributed by atoms with Crippen molar-refractivity contribution in [2.24, 2.45) is 4.99 Å². The van der Waals surface area contributed by atoms with Crippen LogP contribution in [0.3, 0.4) is 0 Å². The van der Waals surface area contributed by atoms with Crippen molar-refractivity contribution in [1.82, 2.24) is 4.57 Å². The maximum Gasteiger partial charge on any atom is 0.326 e. The summed E-state index contributed by atoms with van der Waals surface area (Å²) in [5.41, 5.74) is 0.606. The highest BCUT2D eigenvalue weighted by Gasteiger charge is 2.18. The second-order valence-corrected chi connectivity index (χ2v) is 7.83. The molecule has 10 nitrogen and oxygen atoms in total. The Morgan fingerprint density at radius 2 is 1.87 bits per heavy atom. The molecular formula is C18H17N3O7S2. The zero-order valence-electron chi connectivity index (χ0n) is 16.2. The van der Waals surface area contributed by atoms with Crippen LogP contribution >= 0.6 is 22.7 Å². The zero-order chi connectivity index (χ0) is 21.8. The third-order valence-corrected chi connectivity index (χ3v) is 6.03. The fourth-order valence-corrected chi connectivity index (χ4v) is 4.40. The number of hydrogen-bond donors (Lipinski definition) is 0. The van der Waals surface area contributed by atoms with Gasteiger partial charge in [-0.3, -0.25) is 19.7 Å². The molecule has 0 aliphatic carbocycles. The molecule has 1 aromatic carbocycles. The van der Waals surface area contributed by atoms with Crippen LogP contribution in [0.2, 0.25) is 0 Å². The molecule has 2 aromatic heterocycles. The number of thiophene rings is 1. The lowest BCUT2D eigenvalue weighted by molar-refractivity contribution is -0.380. The Kier molecular flexibility index (Phi) is 6.47. The van der Waals surface area contributed by atoms with Gasteiger partial charge in [-0.25, -0.2) is 0 Å². The van der Waals surface area contributed by atoms with Crippen LogP contribution in [0, 0.1) is 10.1 Å². The summed E-state index contributed by atoms with van der Waals surface area (Å²) in [5, 5.41) is 10.7. The first-order valence-corrected chi connectivity index (χ1v) is 10.3. The SMILES string of the molecule is CCOC(=O)Cn1c(=NC(=O)c2ccc([N+](=O)[O-])s2)sc2cc(OC)c(OC)cc21. The average Bonchev–Trinajstić information content (AvgIpc) is 3.33. The molecule has 0 radical (unpaired) electrons. The van der Waals surface area contributed by atoms with Gasteiger partial charge >= 0.3 is 11.0 Å². The molecule has 12 heteroatoms. The van der Waals surface area contributed by atoms with Crippen LogP contribution in [-0.4, -0.2) is 42.2 Å². The number of fused-ring (bicyclic) bond motifs is 1. The number of amides is 1. The first-order valence-electron chi connectivity index (χ1n) is 8.62. The van der Waals surface area contributed by atoms with Gasteiger partial charge in [0.15, 0.2) is 16.3 Å². The van der Waals surface area contributed by atoms with Gasteiger partial charge in [-0.15, -0.1) is 0 Å². The number of carbonyl (C=O) groups is 2. The van der Waals surface area contributed by atoms with Crippen LogP contribution in [0.4, 0.5) is 5.00 Å². The van der Waals surface area contributed by atoms with Gasteiger partial charge in [-0.05, 0) is 13.0 Å². The molecule has 3 rings (SSSR count). The number of aromatic nitrogens is 1. The lowest BCUT2D eigenvalue weighted by Gasteiger charge is -2.09. The van der Waals surface area contributed by atoms with Crippen LogP contribution in [0.25, 0.3) is 10.2 Å². The summed E-state index contributed by atoms with van der Waals surface area (Å²) in [4.78, 5) is 39.5. The smallest absolute Gasteiger partial charge is 0.326 e. The van der Waals surface area contributed by atoms with Gasteiger partial charge in [0.25, 0.3) is 5.91 Å². The number of carbonyl (C=O) groups excluding carboxylic acids is 2. The Morgan fingerprint density at radius 3 is 2.47 bits per heavy atom. The topological polar surface area (TPSA) is 122 Å². The molecule has 0 atom stereocenters. The number of thiazole rings is 1. The Labute approximate surface area is 178 Å². The monoisotopic (exact) mass is 451 g/mol. The minimum Gasteiger partial charge on any atom is -0.493 e. The van der Waals surface area contributed by atoms with E-state index in [0.29, 0.717) is 21.7 Å². The molecule has 0 aliphatic heterocycles. The molecule has 1 amide bonds. The minimum absolute atomic E-state index is 0.122. The average molecular weight is 451 g/mol. The molecule has 0 aliphatic rings. The van der Waals surface area contributed by atoms with Gasteiger partial charge in [0, 0.05) is 18.2 Å². The van der Waals surface area contributed by atoms with Crippen molar-refractivity contribution in [3.8, 4) is 11.5 Å². The molecule has 0 fully saturated rings. The number of nitrogens with zero attached hydrogens (tertiary/aromatic N) is 3.